The summed E-state index contributed by atoms with van der Waals surface area (Å²) in [4.78, 5) is 11.3. The van der Waals surface area contributed by atoms with E-state index in [9.17, 15) is 26.4 Å². The minimum Gasteiger partial charge on any atom is -0.268 e. The van der Waals surface area contributed by atoms with Crippen molar-refractivity contribution in [2.24, 2.45) is 0 Å². The Labute approximate surface area is 110 Å². The topological polar surface area (TPSA) is 63.2 Å². The maximum atomic E-state index is 12.0. The molecule has 0 aromatic heterocycles. The lowest BCUT2D eigenvalue weighted by Gasteiger charge is -2.10. The van der Waals surface area contributed by atoms with Gasteiger partial charge >= 0.3 is 15.5 Å². The molecule has 0 aliphatic rings. The van der Waals surface area contributed by atoms with E-state index in [1.165, 1.54) is 6.07 Å². The maximum absolute atomic E-state index is 12.0. The summed E-state index contributed by atoms with van der Waals surface area (Å²) in [6.07, 6.45) is 0. The fourth-order valence-electron chi connectivity index (χ4n) is 0.909. The van der Waals surface area contributed by atoms with E-state index >= 15 is 0 Å². The molecule has 0 fully saturated rings. The van der Waals surface area contributed by atoms with Crippen molar-refractivity contribution >= 4 is 39.1 Å². The van der Waals surface area contributed by atoms with Crippen molar-refractivity contribution in [3.05, 3.63) is 33.8 Å². The van der Waals surface area contributed by atoms with E-state index in [1.54, 1.807) is 0 Å². The number of carbonyl (C=O) groups excluding carboxylic acids is 1. The van der Waals surface area contributed by atoms with Gasteiger partial charge in [0.05, 0.1) is 10.6 Å². The Kier molecular flexibility index (Phi) is 4.14. The first kappa shape index (κ1) is 15.1. The standard InChI is InChI=1S/C8H4Cl2F3NO3S/c9-4-1-2-5(6(10)3-4)7(15)14-18(16,17)8(11,12)13/h1-3H,(H,14,15). The van der Waals surface area contributed by atoms with Gasteiger partial charge in [0, 0.05) is 5.02 Å². The van der Waals surface area contributed by atoms with Crippen LogP contribution in [0.1, 0.15) is 10.4 Å². The monoisotopic (exact) mass is 321 g/mol. The highest BCUT2D eigenvalue weighted by Gasteiger charge is 2.47. The van der Waals surface area contributed by atoms with Gasteiger partial charge in [-0.25, -0.2) is 4.72 Å². The zero-order valence-corrected chi connectivity index (χ0v) is 10.6. The lowest BCUT2D eigenvalue weighted by atomic mass is 10.2. The zero-order chi connectivity index (χ0) is 14.1. The van der Waals surface area contributed by atoms with Gasteiger partial charge in [0.25, 0.3) is 5.91 Å². The average Bonchev–Trinajstić information content (AvgIpc) is 2.14. The van der Waals surface area contributed by atoms with Crippen LogP contribution >= 0.6 is 23.2 Å². The number of sulfonamides is 1. The zero-order valence-electron chi connectivity index (χ0n) is 8.25. The molecule has 0 radical (unpaired) electrons. The van der Waals surface area contributed by atoms with Gasteiger partial charge in [0.2, 0.25) is 0 Å². The van der Waals surface area contributed by atoms with Crippen LogP contribution in [0.3, 0.4) is 0 Å². The van der Waals surface area contributed by atoms with Crippen LogP contribution in [-0.2, 0) is 10.0 Å². The summed E-state index contributed by atoms with van der Waals surface area (Å²) in [7, 11) is -5.76. The molecule has 1 aromatic rings. The Balaban J connectivity index is 3.04. The summed E-state index contributed by atoms with van der Waals surface area (Å²) in [5, 5.41) is -0.118. The van der Waals surface area contributed by atoms with E-state index in [4.69, 9.17) is 23.2 Å². The third-order valence-corrected chi connectivity index (χ3v) is 3.32. The third-order valence-electron chi connectivity index (χ3n) is 1.71. The van der Waals surface area contributed by atoms with E-state index in [0.717, 1.165) is 16.9 Å². The molecule has 0 saturated carbocycles. The van der Waals surface area contributed by atoms with Crippen LogP contribution in [0, 0.1) is 0 Å². The molecule has 10 heteroatoms. The van der Waals surface area contributed by atoms with Gasteiger partial charge in [-0.2, -0.15) is 21.6 Å². The molecule has 1 aromatic carbocycles. The van der Waals surface area contributed by atoms with E-state index < -0.39 is 27.0 Å². The van der Waals surface area contributed by atoms with E-state index in [-0.39, 0.29) is 10.0 Å². The van der Waals surface area contributed by atoms with Gasteiger partial charge < -0.3 is 0 Å². The Morgan fingerprint density at radius 3 is 2.22 bits per heavy atom. The number of carbonyl (C=O) groups is 1. The van der Waals surface area contributed by atoms with Crippen molar-refractivity contribution in [2.75, 3.05) is 0 Å². The quantitative estimate of drug-likeness (QED) is 0.910. The molecule has 1 N–H and O–H groups in total. The van der Waals surface area contributed by atoms with Crippen molar-refractivity contribution in [1.82, 2.24) is 4.72 Å². The van der Waals surface area contributed by atoms with E-state index in [1.807, 2.05) is 0 Å². The number of rotatable bonds is 2. The molecule has 0 heterocycles. The first-order chi connectivity index (χ1) is 8.04. The van der Waals surface area contributed by atoms with Gasteiger partial charge in [0.1, 0.15) is 0 Å². The first-order valence-electron chi connectivity index (χ1n) is 4.13. The fraction of sp³-hybridized carbons (Fsp3) is 0.125. The maximum Gasteiger partial charge on any atom is 0.516 e. The number of benzene rings is 1. The Hall–Kier alpha value is -0.990. The number of hydrogen-bond acceptors (Lipinski definition) is 3. The van der Waals surface area contributed by atoms with E-state index in [2.05, 4.69) is 0 Å². The molecule has 0 spiro atoms. The lowest BCUT2D eigenvalue weighted by Crippen LogP contribution is -2.40. The minimum absolute atomic E-state index is 0.148. The number of halogens is 5. The van der Waals surface area contributed by atoms with Crippen LogP contribution in [0.5, 0.6) is 0 Å². The molecular weight excluding hydrogens is 318 g/mol. The second kappa shape index (κ2) is 4.94. The summed E-state index contributed by atoms with van der Waals surface area (Å²) >= 11 is 11.1. The van der Waals surface area contributed by atoms with Crippen molar-refractivity contribution < 1.29 is 26.4 Å². The third kappa shape index (κ3) is 3.27. The van der Waals surface area contributed by atoms with Gasteiger partial charge in [-0.05, 0) is 18.2 Å². The Morgan fingerprint density at radius 2 is 1.78 bits per heavy atom. The smallest absolute Gasteiger partial charge is 0.268 e. The highest BCUT2D eigenvalue weighted by atomic mass is 35.5. The van der Waals surface area contributed by atoms with Crippen LogP contribution in [0.4, 0.5) is 13.2 Å². The number of hydrogen-bond donors (Lipinski definition) is 1. The van der Waals surface area contributed by atoms with Crippen LogP contribution in [0.25, 0.3) is 0 Å². The molecule has 100 valence electrons. The molecule has 0 aliphatic heterocycles. The average molecular weight is 322 g/mol. The van der Waals surface area contributed by atoms with Crippen LogP contribution < -0.4 is 4.72 Å². The van der Waals surface area contributed by atoms with Gasteiger partial charge in [0.15, 0.2) is 0 Å². The fourth-order valence-corrected chi connectivity index (χ4v) is 1.87. The van der Waals surface area contributed by atoms with Crippen molar-refractivity contribution in [2.45, 2.75) is 5.51 Å². The van der Waals surface area contributed by atoms with Crippen LogP contribution in [0.15, 0.2) is 18.2 Å². The van der Waals surface area contributed by atoms with Crippen molar-refractivity contribution in [1.29, 1.82) is 0 Å². The predicted molar refractivity (Wildman–Crippen MR) is 58.9 cm³/mol. The molecule has 1 rings (SSSR count). The molecule has 0 bridgehead atoms. The Morgan fingerprint density at radius 1 is 1.22 bits per heavy atom. The van der Waals surface area contributed by atoms with Crippen molar-refractivity contribution in [3.63, 3.8) is 0 Å². The largest absolute Gasteiger partial charge is 0.516 e. The SMILES string of the molecule is O=C(NS(=O)(=O)C(F)(F)F)c1ccc(Cl)cc1Cl. The highest BCUT2D eigenvalue weighted by Crippen LogP contribution is 2.24. The predicted octanol–water partition coefficient (Wildman–Crippen LogP) is 2.57. The number of alkyl halides is 3. The van der Waals surface area contributed by atoms with Gasteiger partial charge in [-0.15, -0.1) is 0 Å². The summed E-state index contributed by atoms with van der Waals surface area (Å²) in [6, 6.07) is 3.28. The Bertz CT molecular complexity index is 586. The molecule has 0 aliphatic carbocycles. The number of amides is 1. The lowest BCUT2D eigenvalue weighted by molar-refractivity contribution is -0.0446. The molecule has 0 unspecified atom stereocenters. The van der Waals surface area contributed by atoms with E-state index in [0.29, 0.717) is 0 Å². The van der Waals surface area contributed by atoms with Crippen LogP contribution in [-0.4, -0.2) is 19.8 Å². The molecule has 4 nitrogen and oxygen atoms in total. The summed E-state index contributed by atoms with van der Waals surface area (Å²) < 4.78 is 58.3. The van der Waals surface area contributed by atoms with Crippen molar-refractivity contribution in [3.8, 4) is 0 Å². The summed E-state index contributed by atoms with van der Waals surface area (Å²) in [5.41, 5.74) is -6.02. The molecule has 18 heavy (non-hydrogen) atoms. The van der Waals surface area contributed by atoms with Gasteiger partial charge in [-0.3, -0.25) is 4.79 Å². The van der Waals surface area contributed by atoms with Crippen LogP contribution in [0.2, 0.25) is 10.0 Å². The summed E-state index contributed by atoms with van der Waals surface area (Å²) in [6.45, 7) is 0. The number of nitrogens with one attached hydrogen (secondary N) is 1. The second-order valence-corrected chi connectivity index (χ2v) is 5.52. The minimum atomic E-state index is -5.76. The molecule has 0 atom stereocenters. The first-order valence-corrected chi connectivity index (χ1v) is 6.37. The summed E-state index contributed by atoms with van der Waals surface area (Å²) in [5.74, 6) is -1.49. The van der Waals surface area contributed by atoms with Gasteiger partial charge in [-0.1, -0.05) is 23.2 Å². The molecule has 0 saturated heterocycles. The second-order valence-electron chi connectivity index (χ2n) is 3.00. The normalized spacial score (nSPS) is 12.3. The molecule has 1 amide bonds. The highest BCUT2D eigenvalue weighted by molar-refractivity contribution is 7.90. The molecular formula is C8H4Cl2F3NO3S.